The van der Waals surface area contributed by atoms with Crippen molar-refractivity contribution in [3.8, 4) is 0 Å². The molecule has 0 N–H and O–H groups in total. The van der Waals surface area contributed by atoms with Crippen LogP contribution in [0.1, 0.15) is 12.5 Å². The van der Waals surface area contributed by atoms with Crippen molar-refractivity contribution in [3.05, 3.63) is 45.8 Å². The van der Waals surface area contributed by atoms with Crippen molar-refractivity contribution in [1.29, 1.82) is 0 Å². The fourth-order valence-electron chi connectivity index (χ4n) is 1.13. The number of nitro groups is 1. The van der Waals surface area contributed by atoms with Crippen LogP contribution in [0.5, 0.6) is 0 Å². The van der Waals surface area contributed by atoms with Gasteiger partial charge in [0.1, 0.15) is 0 Å². The van der Waals surface area contributed by atoms with Crippen LogP contribution in [0.2, 0.25) is 0 Å². The first kappa shape index (κ1) is 12.8. The number of hydrogen-bond donors (Lipinski definition) is 0. The molecule has 0 fully saturated rings. The molecule has 1 rings (SSSR count). The van der Waals surface area contributed by atoms with Crippen molar-refractivity contribution in [2.75, 3.05) is 6.61 Å². The summed E-state index contributed by atoms with van der Waals surface area (Å²) in [5, 5.41) is 10.5. The number of nitrogens with zero attached hydrogens (tertiary/aromatic N) is 1. The van der Waals surface area contributed by atoms with Crippen LogP contribution in [-0.2, 0) is 9.53 Å². The summed E-state index contributed by atoms with van der Waals surface area (Å²) in [5.41, 5.74) is 0.0557. The molecule has 6 heteroatoms. The fraction of sp³-hybridized carbons (Fsp3) is 0.182. The number of carbonyl (C=O) groups is 1. The summed E-state index contributed by atoms with van der Waals surface area (Å²) in [6.45, 7) is 1.62. The summed E-state index contributed by atoms with van der Waals surface area (Å²) < 4.78 is 17.7. The minimum absolute atomic E-state index is 0.0645. The van der Waals surface area contributed by atoms with Gasteiger partial charge in [-0.1, -0.05) is 12.1 Å². The van der Waals surface area contributed by atoms with Gasteiger partial charge in [-0.2, -0.15) is 4.39 Å². The highest BCUT2D eigenvalue weighted by molar-refractivity contribution is 5.91. The molecule has 0 amide bonds. The van der Waals surface area contributed by atoms with Crippen LogP contribution in [0.25, 0.3) is 6.08 Å². The Morgan fingerprint density at radius 1 is 1.59 bits per heavy atom. The summed E-state index contributed by atoms with van der Waals surface area (Å²) in [7, 11) is 0. The predicted octanol–water partition coefficient (Wildman–Crippen LogP) is 2.47. The lowest BCUT2D eigenvalue weighted by Gasteiger charge is -1.98. The Hall–Kier alpha value is -2.24. The molecule has 0 heterocycles. The average Bonchev–Trinajstić information content (AvgIpc) is 2.29. The van der Waals surface area contributed by atoms with E-state index < -0.39 is 16.7 Å². The zero-order valence-electron chi connectivity index (χ0n) is 9.05. The lowest BCUT2D eigenvalue weighted by Crippen LogP contribution is -2.03. The molecule has 0 aromatic heterocycles. The van der Waals surface area contributed by atoms with Crippen LogP contribution in [0, 0.1) is 10.1 Å². The third kappa shape index (κ3) is 3.67. The van der Waals surface area contributed by atoms with Gasteiger partial charge in [0.25, 0.3) is 5.69 Å². The lowest BCUT2D eigenvalue weighted by molar-refractivity contribution is -0.384. The molecule has 0 radical (unpaired) electrons. The van der Waals surface area contributed by atoms with Gasteiger partial charge in [0.2, 0.25) is 5.83 Å². The van der Waals surface area contributed by atoms with E-state index in [1.807, 2.05) is 0 Å². The van der Waals surface area contributed by atoms with E-state index in [1.165, 1.54) is 24.3 Å². The minimum atomic E-state index is -1.09. The molecule has 0 aliphatic heterocycles. The highest BCUT2D eigenvalue weighted by Gasteiger charge is 2.10. The van der Waals surface area contributed by atoms with Crippen LogP contribution in [0.4, 0.5) is 10.1 Å². The smallest absolute Gasteiger partial charge is 0.367 e. The Morgan fingerprint density at radius 2 is 2.29 bits per heavy atom. The van der Waals surface area contributed by atoms with E-state index in [-0.39, 0.29) is 17.9 Å². The maximum absolute atomic E-state index is 13.2. The van der Waals surface area contributed by atoms with Gasteiger partial charge in [-0.3, -0.25) is 10.1 Å². The first-order chi connectivity index (χ1) is 8.04. The molecule has 5 nitrogen and oxygen atoms in total. The number of ether oxygens (including phenoxy) is 1. The standard InChI is InChI=1S/C11H10FNO4/c1-2-17-11(14)10(12)7-8-4-3-5-9(6-8)13(15)16/h3-7H,2H2,1H3/b10-7+. The fourth-order valence-corrected chi connectivity index (χ4v) is 1.13. The van der Waals surface area contributed by atoms with Crippen LogP contribution in [0.3, 0.4) is 0 Å². The van der Waals surface area contributed by atoms with E-state index in [0.717, 1.165) is 6.08 Å². The average molecular weight is 239 g/mol. The molecular formula is C11H10FNO4. The molecule has 17 heavy (non-hydrogen) atoms. The monoisotopic (exact) mass is 239 g/mol. The van der Waals surface area contributed by atoms with E-state index in [1.54, 1.807) is 6.92 Å². The Bertz CT molecular complexity index is 470. The van der Waals surface area contributed by atoms with E-state index in [4.69, 9.17) is 0 Å². The molecule has 90 valence electrons. The van der Waals surface area contributed by atoms with Gasteiger partial charge >= 0.3 is 5.97 Å². The lowest BCUT2D eigenvalue weighted by atomic mass is 10.2. The zero-order valence-corrected chi connectivity index (χ0v) is 9.05. The second kappa shape index (κ2) is 5.74. The van der Waals surface area contributed by atoms with Crippen molar-refractivity contribution in [2.45, 2.75) is 6.92 Å². The summed E-state index contributed by atoms with van der Waals surface area (Å²) in [6, 6.07) is 5.30. The van der Waals surface area contributed by atoms with Crippen LogP contribution < -0.4 is 0 Å². The van der Waals surface area contributed by atoms with Gasteiger partial charge in [-0.25, -0.2) is 4.79 Å². The van der Waals surface area contributed by atoms with Crippen molar-refractivity contribution < 1.29 is 18.8 Å². The van der Waals surface area contributed by atoms with E-state index in [2.05, 4.69) is 4.74 Å². The molecule has 0 saturated heterocycles. The highest BCUT2D eigenvalue weighted by Crippen LogP contribution is 2.16. The molecular weight excluding hydrogens is 229 g/mol. The third-order valence-corrected chi connectivity index (χ3v) is 1.84. The first-order valence-electron chi connectivity index (χ1n) is 4.83. The quantitative estimate of drug-likeness (QED) is 0.350. The molecule has 0 bridgehead atoms. The van der Waals surface area contributed by atoms with Crippen molar-refractivity contribution >= 4 is 17.7 Å². The second-order valence-corrected chi connectivity index (χ2v) is 3.06. The molecule has 0 atom stereocenters. The molecule has 0 aliphatic rings. The summed E-state index contributed by atoms with van der Waals surface area (Å²) in [6.07, 6.45) is 0.894. The van der Waals surface area contributed by atoms with Gasteiger partial charge in [-0.15, -0.1) is 0 Å². The van der Waals surface area contributed by atoms with Gasteiger partial charge < -0.3 is 4.74 Å². The first-order valence-corrected chi connectivity index (χ1v) is 4.83. The summed E-state index contributed by atoms with van der Waals surface area (Å²) in [5.74, 6) is -2.17. The number of hydrogen-bond acceptors (Lipinski definition) is 4. The largest absolute Gasteiger partial charge is 0.461 e. The molecule has 1 aromatic rings. The maximum Gasteiger partial charge on any atom is 0.367 e. The third-order valence-electron chi connectivity index (χ3n) is 1.84. The van der Waals surface area contributed by atoms with Crippen LogP contribution in [-0.4, -0.2) is 17.5 Å². The molecule has 0 unspecified atom stereocenters. The van der Waals surface area contributed by atoms with E-state index >= 15 is 0 Å². The number of halogens is 1. The van der Waals surface area contributed by atoms with Crippen molar-refractivity contribution in [3.63, 3.8) is 0 Å². The predicted molar refractivity (Wildman–Crippen MR) is 58.8 cm³/mol. The minimum Gasteiger partial charge on any atom is -0.461 e. The topological polar surface area (TPSA) is 69.4 Å². The second-order valence-electron chi connectivity index (χ2n) is 3.06. The Labute approximate surface area is 96.7 Å². The van der Waals surface area contributed by atoms with Crippen LogP contribution >= 0.6 is 0 Å². The van der Waals surface area contributed by atoms with E-state index in [9.17, 15) is 19.3 Å². The number of benzene rings is 1. The Morgan fingerprint density at radius 3 is 2.88 bits per heavy atom. The van der Waals surface area contributed by atoms with Crippen molar-refractivity contribution in [2.24, 2.45) is 0 Å². The number of carbonyl (C=O) groups excluding carboxylic acids is 1. The Balaban J connectivity index is 2.94. The SMILES string of the molecule is CCOC(=O)/C(F)=C\c1cccc([N+](=O)[O-])c1. The zero-order chi connectivity index (χ0) is 12.8. The Kier molecular flexibility index (Phi) is 4.33. The molecule has 0 spiro atoms. The van der Waals surface area contributed by atoms with Gasteiger partial charge in [-0.05, 0) is 18.6 Å². The van der Waals surface area contributed by atoms with Gasteiger partial charge in [0.05, 0.1) is 11.5 Å². The molecule has 0 aliphatic carbocycles. The molecule has 1 aromatic carbocycles. The normalized spacial score (nSPS) is 11.1. The van der Waals surface area contributed by atoms with Gasteiger partial charge in [0, 0.05) is 12.1 Å². The number of nitro benzene ring substituents is 1. The number of non-ortho nitro benzene ring substituents is 1. The maximum atomic E-state index is 13.2. The molecule has 0 saturated carbocycles. The van der Waals surface area contributed by atoms with Crippen molar-refractivity contribution in [1.82, 2.24) is 0 Å². The number of rotatable bonds is 4. The van der Waals surface area contributed by atoms with Gasteiger partial charge in [0.15, 0.2) is 0 Å². The highest BCUT2D eigenvalue weighted by atomic mass is 19.1. The summed E-state index contributed by atoms with van der Waals surface area (Å²) >= 11 is 0. The number of esters is 1. The van der Waals surface area contributed by atoms with Crippen LogP contribution in [0.15, 0.2) is 30.1 Å². The van der Waals surface area contributed by atoms with E-state index in [0.29, 0.717) is 0 Å². The summed E-state index contributed by atoms with van der Waals surface area (Å²) in [4.78, 5) is 20.8.